The third kappa shape index (κ3) is 5.95. The third-order valence-electron chi connectivity index (χ3n) is 3.46. The molecule has 9 heteroatoms. The van der Waals surface area contributed by atoms with E-state index < -0.39 is 15.5 Å². The van der Waals surface area contributed by atoms with Crippen molar-refractivity contribution in [3.05, 3.63) is 65.7 Å². The molecule has 0 unspecified atom stereocenters. The highest BCUT2D eigenvalue weighted by molar-refractivity contribution is 8.00. The number of nitrogens with zero attached hydrogens (tertiary/aromatic N) is 1. The van der Waals surface area contributed by atoms with Gasteiger partial charge in [0.25, 0.3) is 0 Å². The van der Waals surface area contributed by atoms with Gasteiger partial charge in [0.1, 0.15) is 0 Å². The first-order valence-corrected chi connectivity index (χ1v) is 9.85. The van der Waals surface area contributed by atoms with E-state index in [0.29, 0.717) is 11.1 Å². The quantitative estimate of drug-likeness (QED) is 0.398. The van der Waals surface area contributed by atoms with Gasteiger partial charge in [0.15, 0.2) is 5.78 Å². The highest BCUT2D eigenvalue weighted by Crippen LogP contribution is 2.36. The molecule has 2 rings (SSSR count). The molecule has 0 fully saturated rings. The van der Waals surface area contributed by atoms with Crippen LogP contribution < -0.4 is 0 Å². The van der Waals surface area contributed by atoms with Gasteiger partial charge in [-0.25, -0.2) is 12.7 Å². The van der Waals surface area contributed by atoms with Crippen LogP contribution in [0.15, 0.2) is 64.4 Å². The average molecular weight is 415 g/mol. The van der Waals surface area contributed by atoms with Crippen molar-refractivity contribution < 1.29 is 26.4 Å². The van der Waals surface area contributed by atoms with Gasteiger partial charge in [-0.3, -0.25) is 4.79 Å². The van der Waals surface area contributed by atoms with Gasteiger partial charge in [0.2, 0.25) is 10.0 Å². The molecule has 144 valence electrons. The van der Waals surface area contributed by atoms with Crippen molar-refractivity contribution in [3.8, 4) is 0 Å². The van der Waals surface area contributed by atoms with Gasteiger partial charge in [0, 0.05) is 24.6 Å². The third-order valence-corrected chi connectivity index (χ3v) is 6.03. The molecule has 0 saturated carbocycles. The molecule has 0 N–H and O–H groups in total. The van der Waals surface area contributed by atoms with Gasteiger partial charge < -0.3 is 0 Å². The fraction of sp³-hybridized carbons (Fsp3) is 0.167. The molecule has 0 aliphatic rings. The fourth-order valence-corrected chi connectivity index (χ4v) is 3.49. The highest BCUT2D eigenvalue weighted by Gasteiger charge is 2.28. The van der Waals surface area contributed by atoms with Crippen molar-refractivity contribution in [2.45, 2.75) is 15.3 Å². The van der Waals surface area contributed by atoms with Crippen LogP contribution in [0.4, 0.5) is 13.2 Å². The molecule has 4 nitrogen and oxygen atoms in total. The van der Waals surface area contributed by atoms with Crippen molar-refractivity contribution in [2.75, 3.05) is 14.1 Å². The summed E-state index contributed by atoms with van der Waals surface area (Å²) >= 11 is -0.208. The summed E-state index contributed by atoms with van der Waals surface area (Å²) in [5.41, 5.74) is -3.48. The summed E-state index contributed by atoms with van der Waals surface area (Å²) in [6.45, 7) is 0. The minimum absolute atomic E-state index is 0.0590. The summed E-state index contributed by atoms with van der Waals surface area (Å²) < 4.78 is 61.9. The van der Waals surface area contributed by atoms with Crippen LogP contribution in [0, 0.1) is 0 Å². The van der Waals surface area contributed by atoms with Crippen molar-refractivity contribution in [1.29, 1.82) is 0 Å². The zero-order valence-electron chi connectivity index (χ0n) is 14.4. The number of halogens is 3. The number of hydrogen-bond acceptors (Lipinski definition) is 4. The lowest BCUT2D eigenvalue weighted by Gasteiger charge is -2.11. The first-order chi connectivity index (χ1) is 12.5. The Hall–Kier alpha value is -2.10. The molecule has 0 aliphatic heterocycles. The van der Waals surface area contributed by atoms with E-state index >= 15 is 0 Å². The molecule has 0 heterocycles. The molecule has 2 aromatic carbocycles. The molecule has 2 aromatic rings. The maximum Gasteiger partial charge on any atom is 0.446 e. The summed E-state index contributed by atoms with van der Waals surface area (Å²) in [6.07, 6.45) is 2.76. The number of thioether (sulfide) groups is 1. The van der Waals surface area contributed by atoms with Gasteiger partial charge in [0.05, 0.1) is 4.90 Å². The Balaban J connectivity index is 2.08. The number of sulfonamides is 1. The van der Waals surface area contributed by atoms with Crippen molar-refractivity contribution in [2.24, 2.45) is 0 Å². The molecular formula is C18H16F3NO3S2. The lowest BCUT2D eigenvalue weighted by Crippen LogP contribution is -2.22. The van der Waals surface area contributed by atoms with Gasteiger partial charge in [-0.15, -0.1) is 0 Å². The van der Waals surface area contributed by atoms with Crippen molar-refractivity contribution >= 4 is 33.6 Å². The summed E-state index contributed by atoms with van der Waals surface area (Å²) in [5, 5.41) is 0. The van der Waals surface area contributed by atoms with Crippen LogP contribution in [0.25, 0.3) is 6.08 Å². The van der Waals surface area contributed by atoms with Crippen molar-refractivity contribution in [3.63, 3.8) is 0 Å². The molecule has 0 aromatic heterocycles. The molecule has 0 spiro atoms. The maximum absolute atomic E-state index is 12.3. The van der Waals surface area contributed by atoms with E-state index in [0.717, 1.165) is 4.31 Å². The van der Waals surface area contributed by atoms with Crippen LogP contribution in [-0.2, 0) is 10.0 Å². The minimum atomic E-state index is -4.35. The second-order valence-corrected chi connectivity index (χ2v) is 8.92. The number of carbonyl (C=O) groups is 1. The number of rotatable bonds is 6. The number of carbonyl (C=O) groups excluding carboxylic acids is 1. The van der Waals surface area contributed by atoms with Crippen LogP contribution >= 0.6 is 11.8 Å². The Morgan fingerprint density at radius 2 is 1.56 bits per heavy atom. The topological polar surface area (TPSA) is 54.5 Å². The number of alkyl halides is 3. The Labute approximate surface area is 159 Å². The van der Waals surface area contributed by atoms with Crippen LogP contribution in [0.5, 0.6) is 0 Å². The molecular weight excluding hydrogens is 399 g/mol. The second kappa shape index (κ2) is 8.28. The Kier molecular flexibility index (Phi) is 6.50. The maximum atomic E-state index is 12.3. The van der Waals surface area contributed by atoms with Crippen LogP contribution in [-0.4, -0.2) is 38.1 Å². The molecule has 0 radical (unpaired) electrons. The predicted molar refractivity (Wildman–Crippen MR) is 99.0 cm³/mol. The summed E-state index contributed by atoms with van der Waals surface area (Å²) in [7, 11) is -0.745. The zero-order chi connectivity index (χ0) is 20.2. The van der Waals surface area contributed by atoms with E-state index in [1.165, 1.54) is 74.8 Å². The van der Waals surface area contributed by atoms with E-state index in [1.54, 1.807) is 0 Å². The lowest BCUT2D eigenvalue weighted by molar-refractivity contribution is -0.0328. The molecule has 0 aliphatic carbocycles. The largest absolute Gasteiger partial charge is 0.446 e. The summed E-state index contributed by atoms with van der Waals surface area (Å²) in [5.74, 6) is -0.349. The Morgan fingerprint density at radius 1 is 1.00 bits per heavy atom. The average Bonchev–Trinajstić information content (AvgIpc) is 2.59. The number of allylic oxidation sites excluding steroid dienone is 1. The monoisotopic (exact) mass is 415 g/mol. The normalized spacial score (nSPS) is 12.7. The Morgan fingerprint density at radius 3 is 2.04 bits per heavy atom. The van der Waals surface area contributed by atoms with Gasteiger partial charge in [-0.2, -0.15) is 13.2 Å². The number of benzene rings is 2. The van der Waals surface area contributed by atoms with Gasteiger partial charge >= 0.3 is 5.51 Å². The van der Waals surface area contributed by atoms with Crippen LogP contribution in [0.3, 0.4) is 0 Å². The Bertz CT molecular complexity index is 933. The van der Waals surface area contributed by atoms with E-state index in [2.05, 4.69) is 0 Å². The number of hydrogen-bond donors (Lipinski definition) is 0. The lowest BCUT2D eigenvalue weighted by atomic mass is 10.1. The smallest absolute Gasteiger partial charge is 0.289 e. The number of ketones is 1. The summed E-state index contributed by atoms with van der Waals surface area (Å²) in [6, 6.07) is 11.1. The van der Waals surface area contributed by atoms with E-state index in [9.17, 15) is 26.4 Å². The van der Waals surface area contributed by atoms with Gasteiger partial charge in [-0.05, 0) is 59.8 Å². The SMILES string of the molecule is CN(C)S(=O)(=O)c1ccc(C(=O)/C=C/c2ccc(SC(F)(F)F)cc2)cc1. The zero-order valence-corrected chi connectivity index (χ0v) is 16.0. The van der Waals surface area contributed by atoms with Crippen LogP contribution in [0.1, 0.15) is 15.9 Å². The van der Waals surface area contributed by atoms with E-state index in [4.69, 9.17) is 0 Å². The summed E-state index contributed by atoms with van der Waals surface area (Å²) in [4.78, 5) is 12.3. The predicted octanol–water partition coefficient (Wildman–Crippen LogP) is 4.44. The molecule has 0 bridgehead atoms. The molecule has 0 amide bonds. The first kappa shape index (κ1) is 21.2. The highest BCUT2D eigenvalue weighted by atomic mass is 32.2. The standard InChI is InChI=1S/C18H16F3NO3S2/c1-22(2)27(24,25)16-10-6-14(7-11-16)17(23)12-5-13-3-8-15(9-4-13)26-18(19,20)21/h3-12H,1-2H3/b12-5+. The van der Waals surface area contributed by atoms with E-state index in [-0.39, 0.29) is 27.3 Å². The van der Waals surface area contributed by atoms with Crippen LogP contribution in [0.2, 0.25) is 0 Å². The molecule has 27 heavy (non-hydrogen) atoms. The van der Waals surface area contributed by atoms with Crippen molar-refractivity contribution in [1.82, 2.24) is 4.31 Å². The molecule has 0 atom stereocenters. The second-order valence-electron chi connectivity index (χ2n) is 5.63. The minimum Gasteiger partial charge on any atom is -0.289 e. The van der Waals surface area contributed by atoms with E-state index in [1.807, 2.05) is 0 Å². The first-order valence-electron chi connectivity index (χ1n) is 7.60. The van der Waals surface area contributed by atoms with Gasteiger partial charge in [-0.1, -0.05) is 18.2 Å². The fourth-order valence-electron chi connectivity index (χ4n) is 2.05. The molecule has 0 saturated heterocycles.